The normalized spacial score (nSPS) is 14.9. The molecule has 0 aromatic heterocycles. The molecule has 6 heteroatoms. The highest BCUT2D eigenvalue weighted by Gasteiger charge is 2.25. The predicted octanol–water partition coefficient (Wildman–Crippen LogP) is 0.276. The molecule has 142 valence electrons. The fourth-order valence-corrected chi connectivity index (χ4v) is 3.45. The Morgan fingerprint density at radius 1 is 1.00 bits per heavy atom. The van der Waals surface area contributed by atoms with Crippen molar-refractivity contribution in [2.45, 2.75) is 12.8 Å². The number of fused-ring (bicyclic) bond motifs is 1. The lowest BCUT2D eigenvalue weighted by molar-refractivity contribution is -0.896. The van der Waals surface area contributed by atoms with Gasteiger partial charge in [-0.2, -0.15) is 0 Å². The monoisotopic (exact) mass is 368 g/mol. The van der Waals surface area contributed by atoms with Crippen molar-refractivity contribution in [3.63, 3.8) is 0 Å². The largest absolute Gasteiger partial charge is 0.354 e. The summed E-state index contributed by atoms with van der Waals surface area (Å²) >= 11 is 0. The molecule has 2 N–H and O–H groups in total. The minimum absolute atomic E-state index is 0.00187. The average molecular weight is 368 g/mol. The number of quaternary nitrogens is 1. The molecular formula is C21H26N3O3+. The van der Waals surface area contributed by atoms with Crippen LogP contribution in [0.4, 0.5) is 0 Å². The molecule has 0 spiro atoms. The first kappa shape index (κ1) is 19.0. The van der Waals surface area contributed by atoms with Crippen LogP contribution in [0.1, 0.15) is 23.2 Å². The lowest BCUT2D eigenvalue weighted by atomic mass is 10.0. The van der Waals surface area contributed by atoms with Gasteiger partial charge in [-0.1, -0.05) is 36.4 Å². The van der Waals surface area contributed by atoms with Crippen LogP contribution < -0.4 is 10.2 Å². The third-order valence-electron chi connectivity index (χ3n) is 5.15. The van der Waals surface area contributed by atoms with Gasteiger partial charge in [0.15, 0.2) is 12.3 Å². The van der Waals surface area contributed by atoms with Crippen LogP contribution in [0.3, 0.4) is 0 Å². The van der Waals surface area contributed by atoms with Crippen LogP contribution in [-0.4, -0.2) is 62.3 Å². The van der Waals surface area contributed by atoms with Crippen LogP contribution in [-0.2, 0) is 9.59 Å². The molecule has 0 atom stereocenters. The molecule has 6 nitrogen and oxygen atoms in total. The number of hydrogen-bond donors (Lipinski definition) is 2. The fraction of sp³-hybridized carbons (Fsp3) is 0.381. The molecule has 1 fully saturated rings. The van der Waals surface area contributed by atoms with Gasteiger partial charge in [-0.25, -0.2) is 0 Å². The molecule has 2 aromatic rings. The number of amides is 2. The highest BCUT2D eigenvalue weighted by Crippen LogP contribution is 2.17. The summed E-state index contributed by atoms with van der Waals surface area (Å²) in [5, 5.41) is 4.76. The van der Waals surface area contributed by atoms with Crippen LogP contribution in [0.25, 0.3) is 10.8 Å². The number of rotatable bonds is 6. The number of ketones is 1. The molecule has 1 heterocycles. The Kier molecular flexibility index (Phi) is 6.19. The van der Waals surface area contributed by atoms with E-state index in [1.165, 1.54) is 4.90 Å². The van der Waals surface area contributed by atoms with E-state index in [0.717, 1.165) is 23.9 Å². The maximum Gasteiger partial charge on any atom is 0.274 e. The Balaban J connectivity index is 1.48. The topological polar surface area (TPSA) is 70.9 Å². The lowest BCUT2D eigenvalue weighted by Crippen LogP contribution is -3.15. The van der Waals surface area contributed by atoms with Crippen LogP contribution in [0.2, 0.25) is 0 Å². The van der Waals surface area contributed by atoms with Gasteiger partial charge < -0.3 is 15.1 Å². The van der Waals surface area contributed by atoms with Gasteiger partial charge in [0.2, 0.25) is 5.91 Å². The molecule has 2 amide bonds. The molecule has 0 saturated carbocycles. The van der Waals surface area contributed by atoms with Crippen molar-refractivity contribution >= 4 is 28.4 Å². The van der Waals surface area contributed by atoms with Gasteiger partial charge in [-0.05, 0) is 16.8 Å². The second kappa shape index (κ2) is 8.77. The summed E-state index contributed by atoms with van der Waals surface area (Å²) in [7, 11) is 1.63. The summed E-state index contributed by atoms with van der Waals surface area (Å²) in [6.07, 6.45) is 0.457. The van der Waals surface area contributed by atoms with Gasteiger partial charge >= 0.3 is 0 Å². The van der Waals surface area contributed by atoms with Crippen molar-refractivity contribution in [2.24, 2.45) is 0 Å². The van der Waals surface area contributed by atoms with Crippen molar-refractivity contribution in [2.75, 3.05) is 39.8 Å². The van der Waals surface area contributed by atoms with Gasteiger partial charge in [0, 0.05) is 25.5 Å². The van der Waals surface area contributed by atoms with E-state index >= 15 is 0 Å². The zero-order valence-corrected chi connectivity index (χ0v) is 15.7. The van der Waals surface area contributed by atoms with Gasteiger partial charge in [0.25, 0.3) is 5.91 Å². The minimum atomic E-state index is -0.00187. The zero-order chi connectivity index (χ0) is 19.2. The molecule has 0 aliphatic carbocycles. The van der Waals surface area contributed by atoms with Crippen molar-refractivity contribution < 1.29 is 19.3 Å². The van der Waals surface area contributed by atoms with Crippen LogP contribution >= 0.6 is 0 Å². The first-order valence-electron chi connectivity index (χ1n) is 9.41. The van der Waals surface area contributed by atoms with E-state index in [-0.39, 0.29) is 30.4 Å². The van der Waals surface area contributed by atoms with E-state index in [1.807, 2.05) is 42.5 Å². The average Bonchev–Trinajstić information content (AvgIpc) is 2.71. The van der Waals surface area contributed by atoms with Crippen molar-refractivity contribution in [3.05, 3.63) is 48.0 Å². The molecule has 0 bridgehead atoms. The van der Waals surface area contributed by atoms with Crippen molar-refractivity contribution in [3.8, 4) is 0 Å². The smallest absolute Gasteiger partial charge is 0.274 e. The molecule has 1 saturated heterocycles. The van der Waals surface area contributed by atoms with Gasteiger partial charge in [0.1, 0.15) is 0 Å². The Hall–Kier alpha value is -2.73. The second-order valence-electron chi connectivity index (χ2n) is 6.97. The predicted molar refractivity (Wildman–Crippen MR) is 104 cm³/mol. The van der Waals surface area contributed by atoms with E-state index in [4.69, 9.17) is 0 Å². The number of nitrogens with zero attached hydrogens (tertiary/aromatic N) is 1. The van der Waals surface area contributed by atoms with E-state index in [9.17, 15) is 14.4 Å². The Labute approximate surface area is 159 Å². The molecule has 1 aliphatic rings. The Bertz CT molecular complexity index is 841. The third kappa shape index (κ3) is 4.92. The van der Waals surface area contributed by atoms with E-state index in [0.29, 0.717) is 25.2 Å². The van der Waals surface area contributed by atoms with Crippen LogP contribution in [0.5, 0.6) is 0 Å². The number of piperazine rings is 1. The highest BCUT2D eigenvalue weighted by atomic mass is 16.2. The molecule has 0 unspecified atom stereocenters. The summed E-state index contributed by atoms with van der Waals surface area (Å²) in [5.74, 6) is 0.0341. The summed E-state index contributed by atoms with van der Waals surface area (Å²) in [6.45, 7) is 3.24. The summed E-state index contributed by atoms with van der Waals surface area (Å²) in [4.78, 5) is 39.3. The van der Waals surface area contributed by atoms with E-state index in [1.54, 1.807) is 11.9 Å². The number of benzene rings is 2. The van der Waals surface area contributed by atoms with E-state index < -0.39 is 0 Å². The SMILES string of the molecule is CNC(=O)C[NH+]1CCN(C(=O)CCC(=O)c2ccc3ccccc3c2)CC1. The first-order valence-corrected chi connectivity index (χ1v) is 9.41. The standard InChI is InChI=1S/C21H25N3O3/c1-22-20(26)15-23-10-12-24(13-11-23)21(27)9-8-19(25)18-7-6-16-4-2-3-5-17(16)14-18/h2-7,14H,8-13,15H2,1H3,(H,22,26)/p+1. The third-order valence-corrected chi connectivity index (χ3v) is 5.15. The number of Topliss-reactive ketones (excluding diaryl/α,β-unsaturated/α-hetero) is 1. The fourth-order valence-electron chi connectivity index (χ4n) is 3.45. The molecule has 2 aromatic carbocycles. The van der Waals surface area contributed by atoms with Crippen molar-refractivity contribution in [1.82, 2.24) is 10.2 Å². The summed E-state index contributed by atoms with van der Waals surface area (Å²) < 4.78 is 0. The minimum Gasteiger partial charge on any atom is -0.354 e. The number of hydrogen-bond acceptors (Lipinski definition) is 3. The van der Waals surface area contributed by atoms with E-state index in [2.05, 4.69) is 5.32 Å². The lowest BCUT2D eigenvalue weighted by Gasteiger charge is -2.31. The Morgan fingerprint density at radius 2 is 1.70 bits per heavy atom. The molecular weight excluding hydrogens is 342 g/mol. The molecule has 0 radical (unpaired) electrons. The summed E-state index contributed by atoms with van der Waals surface area (Å²) in [6, 6.07) is 13.6. The van der Waals surface area contributed by atoms with Gasteiger partial charge in [0.05, 0.1) is 26.2 Å². The number of nitrogens with one attached hydrogen (secondary N) is 2. The zero-order valence-electron chi connectivity index (χ0n) is 15.7. The van der Waals surface area contributed by atoms with Crippen LogP contribution in [0.15, 0.2) is 42.5 Å². The molecule has 27 heavy (non-hydrogen) atoms. The van der Waals surface area contributed by atoms with Crippen LogP contribution in [0, 0.1) is 0 Å². The quantitative estimate of drug-likeness (QED) is 0.720. The summed E-state index contributed by atoms with van der Waals surface area (Å²) in [5.41, 5.74) is 0.654. The van der Waals surface area contributed by atoms with Gasteiger partial charge in [-0.15, -0.1) is 0 Å². The number of carbonyl (C=O) groups is 3. The second-order valence-corrected chi connectivity index (χ2v) is 6.97. The number of likely N-dealkylation sites (N-methyl/N-ethyl adjacent to an activating group) is 1. The highest BCUT2D eigenvalue weighted by molar-refractivity contribution is 6.01. The Morgan fingerprint density at radius 3 is 2.41 bits per heavy atom. The van der Waals surface area contributed by atoms with Gasteiger partial charge in [-0.3, -0.25) is 14.4 Å². The number of carbonyl (C=O) groups excluding carboxylic acids is 3. The maximum absolute atomic E-state index is 12.5. The maximum atomic E-state index is 12.5. The first-order chi connectivity index (χ1) is 13.1. The molecule has 1 aliphatic heterocycles. The van der Waals surface area contributed by atoms with Crippen molar-refractivity contribution in [1.29, 1.82) is 0 Å². The molecule has 3 rings (SSSR count).